The van der Waals surface area contributed by atoms with Crippen LogP contribution in [0.15, 0.2) is 9.85 Å². The number of rotatable bonds is 3. The van der Waals surface area contributed by atoms with E-state index < -0.39 is 0 Å². The molecular weight excluding hydrogens is 248 g/mol. The lowest BCUT2D eigenvalue weighted by atomic mass is 10.0. The Morgan fingerprint density at radius 3 is 2.46 bits per heavy atom. The van der Waals surface area contributed by atoms with E-state index in [-0.39, 0.29) is 6.04 Å². The molecule has 0 saturated carbocycles. The summed E-state index contributed by atoms with van der Waals surface area (Å²) < 4.78 is 1.20. The molecule has 2 nitrogen and oxygen atoms in total. The minimum atomic E-state index is 0.259. The standard InChI is InChI=1S/C9H15BrN2S/c1-5(2)8(12-11)7-4-6(3)9(10)13-7/h4-5,8,12H,11H2,1-3H3. The SMILES string of the molecule is Cc1cc(C(NN)C(C)C)sc1Br. The van der Waals surface area contributed by atoms with Crippen molar-refractivity contribution in [3.8, 4) is 0 Å². The number of hydrazine groups is 1. The number of thiophene rings is 1. The van der Waals surface area contributed by atoms with E-state index in [0.29, 0.717) is 5.92 Å². The van der Waals surface area contributed by atoms with Gasteiger partial charge in [0.2, 0.25) is 0 Å². The van der Waals surface area contributed by atoms with Crippen LogP contribution in [-0.2, 0) is 0 Å². The molecule has 0 amide bonds. The number of hydrogen-bond acceptors (Lipinski definition) is 3. The molecule has 1 aromatic rings. The molecule has 74 valence electrons. The first-order valence-corrected chi connectivity index (χ1v) is 5.89. The van der Waals surface area contributed by atoms with Gasteiger partial charge in [-0.05, 0) is 40.4 Å². The van der Waals surface area contributed by atoms with E-state index >= 15 is 0 Å². The summed E-state index contributed by atoms with van der Waals surface area (Å²) in [6.07, 6.45) is 0. The van der Waals surface area contributed by atoms with Gasteiger partial charge in [-0.25, -0.2) is 0 Å². The highest BCUT2D eigenvalue weighted by molar-refractivity contribution is 9.11. The van der Waals surface area contributed by atoms with Crippen molar-refractivity contribution >= 4 is 27.3 Å². The average Bonchev–Trinajstić information content (AvgIpc) is 2.32. The molecule has 0 fully saturated rings. The van der Waals surface area contributed by atoms with E-state index in [9.17, 15) is 0 Å². The number of nitrogens with two attached hydrogens (primary N) is 1. The van der Waals surface area contributed by atoms with Crippen LogP contribution in [0.1, 0.15) is 30.3 Å². The summed E-state index contributed by atoms with van der Waals surface area (Å²) >= 11 is 5.26. The summed E-state index contributed by atoms with van der Waals surface area (Å²) in [5.41, 5.74) is 4.13. The Labute approximate surface area is 91.6 Å². The third-order valence-electron chi connectivity index (χ3n) is 2.03. The Balaban J connectivity index is 2.92. The zero-order valence-corrected chi connectivity index (χ0v) is 10.5. The van der Waals surface area contributed by atoms with Gasteiger partial charge in [0, 0.05) is 4.88 Å². The minimum absolute atomic E-state index is 0.259. The molecule has 1 aromatic heterocycles. The molecule has 0 spiro atoms. The lowest BCUT2D eigenvalue weighted by molar-refractivity contribution is 0.427. The summed E-state index contributed by atoms with van der Waals surface area (Å²) in [7, 11) is 0. The van der Waals surface area contributed by atoms with E-state index in [2.05, 4.69) is 48.2 Å². The van der Waals surface area contributed by atoms with Crippen LogP contribution < -0.4 is 11.3 Å². The predicted molar refractivity (Wildman–Crippen MR) is 61.7 cm³/mol. The fraction of sp³-hybridized carbons (Fsp3) is 0.556. The van der Waals surface area contributed by atoms with Crippen molar-refractivity contribution in [2.45, 2.75) is 26.8 Å². The van der Waals surface area contributed by atoms with Crippen LogP contribution in [-0.4, -0.2) is 0 Å². The second kappa shape index (κ2) is 4.55. The summed E-state index contributed by atoms with van der Waals surface area (Å²) in [5, 5.41) is 0. The number of aryl methyl sites for hydroxylation is 1. The Morgan fingerprint density at radius 2 is 2.15 bits per heavy atom. The van der Waals surface area contributed by atoms with Crippen molar-refractivity contribution in [2.24, 2.45) is 11.8 Å². The van der Waals surface area contributed by atoms with Crippen molar-refractivity contribution in [1.29, 1.82) is 0 Å². The molecule has 0 aliphatic rings. The first kappa shape index (κ1) is 11.2. The van der Waals surface area contributed by atoms with E-state index in [1.165, 1.54) is 14.2 Å². The van der Waals surface area contributed by atoms with Crippen LogP contribution in [0, 0.1) is 12.8 Å². The van der Waals surface area contributed by atoms with Crippen LogP contribution in [0.5, 0.6) is 0 Å². The van der Waals surface area contributed by atoms with Crippen LogP contribution in [0.25, 0.3) is 0 Å². The fourth-order valence-electron chi connectivity index (χ4n) is 1.24. The molecule has 4 heteroatoms. The molecule has 0 bridgehead atoms. The van der Waals surface area contributed by atoms with Gasteiger partial charge in [0.25, 0.3) is 0 Å². The Kier molecular flexibility index (Phi) is 3.91. The first-order chi connectivity index (χ1) is 6.06. The van der Waals surface area contributed by atoms with Crippen LogP contribution >= 0.6 is 27.3 Å². The molecule has 0 aliphatic heterocycles. The smallest absolute Gasteiger partial charge is 0.0731 e. The molecule has 0 radical (unpaired) electrons. The van der Waals surface area contributed by atoms with Crippen LogP contribution in [0.3, 0.4) is 0 Å². The minimum Gasteiger partial charge on any atom is -0.271 e. The number of halogens is 1. The molecule has 1 rings (SSSR count). The summed E-state index contributed by atoms with van der Waals surface area (Å²) in [4.78, 5) is 1.29. The Morgan fingerprint density at radius 1 is 1.54 bits per heavy atom. The Hall–Kier alpha value is 0.100. The summed E-state index contributed by atoms with van der Waals surface area (Å²) in [6, 6.07) is 2.44. The second-order valence-corrected chi connectivity index (χ2v) is 5.90. The third kappa shape index (κ3) is 2.53. The maximum atomic E-state index is 5.51. The monoisotopic (exact) mass is 262 g/mol. The first-order valence-electron chi connectivity index (χ1n) is 4.28. The van der Waals surface area contributed by atoms with Crippen molar-refractivity contribution < 1.29 is 0 Å². The van der Waals surface area contributed by atoms with Gasteiger partial charge in [-0.1, -0.05) is 13.8 Å². The molecule has 0 aliphatic carbocycles. The van der Waals surface area contributed by atoms with E-state index in [1.54, 1.807) is 11.3 Å². The molecule has 1 unspecified atom stereocenters. The van der Waals surface area contributed by atoms with Crippen LogP contribution in [0.4, 0.5) is 0 Å². The van der Waals surface area contributed by atoms with Crippen molar-refractivity contribution in [3.05, 3.63) is 20.3 Å². The maximum absolute atomic E-state index is 5.51. The lowest BCUT2D eigenvalue weighted by Crippen LogP contribution is -2.30. The largest absolute Gasteiger partial charge is 0.271 e. The summed E-state index contributed by atoms with van der Waals surface area (Å²) in [6.45, 7) is 6.42. The molecule has 1 atom stereocenters. The van der Waals surface area contributed by atoms with Crippen molar-refractivity contribution in [3.63, 3.8) is 0 Å². The van der Waals surface area contributed by atoms with Gasteiger partial charge < -0.3 is 0 Å². The van der Waals surface area contributed by atoms with Crippen molar-refractivity contribution in [1.82, 2.24) is 5.43 Å². The van der Waals surface area contributed by atoms with Crippen LogP contribution in [0.2, 0.25) is 0 Å². The molecular formula is C9H15BrN2S. The molecule has 0 saturated heterocycles. The molecule has 13 heavy (non-hydrogen) atoms. The highest BCUT2D eigenvalue weighted by Gasteiger charge is 2.16. The highest BCUT2D eigenvalue weighted by Crippen LogP contribution is 2.33. The third-order valence-corrected chi connectivity index (χ3v) is 4.25. The van der Waals surface area contributed by atoms with Crippen molar-refractivity contribution in [2.75, 3.05) is 0 Å². The maximum Gasteiger partial charge on any atom is 0.0731 e. The molecule has 1 heterocycles. The van der Waals surface area contributed by atoms with E-state index in [4.69, 9.17) is 5.84 Å². The predicted octanol–water partition coefficient (Wildman–Crippen LogP) is 2.98. The van der Waals surface area contributed by atoms with Gasteiger partial charge in [0.05, 0.1) is 9.83 Å². The fourth-order valence-corrected chi connectivity index (χ4v) is 3.04. The average molecular weight is 263 g/mol. The second-order valence-electron chi connectivity index (χ2n) is 3.49. The van der Waals surface area contributed by atoms with Gasteiger partial charge in [0.15, 0.2) is 0 Å². The topological polar surface area (TPSA) is 38.0 Å². The Bertz CT molecular complexity index is 264. The number of hydrogen-bond donors (Lipinski definition) is 2. The normalized spacial score (nSPS) is 13.7. The van der Waals surface area contributed by atoms with E-state index in [0.717, 1.165) is 0 Å². The lowest BCUT2D eigenvalue weighted by Gasteiger charge is -2.17. The summed E-state index contributed by atoms with van der Waals surface area (Å²) in [5.74, 6) is 6.02. The van der Waals surface area contributed by atoms with Gasteiger partial charge >= 0.3 is 0 Å². The van der Waals surface area contributed by atoms with Gasteiger partial charge in [-0.3, -0.25) is 11.3 Å². The quantitative estimate of drug-likeness (QED) is 0.650. The van der Waals surface area contributed by atoms with Gasteiger partial charge in [-0.15, -0.1) is 11.3 Å². The van der Waals surface area contributed by atoms with E-state index in [1.807, 2.05) is 0 Å². The highest BCUT2D eigenvalue weighted by atomic mass is 79.9. The molecule has 0 aromatic carbocycles. The zero-order chi connectivity index (χ0) is 10.0. The van der Waals surface area contributed by atoms with Gasteiger partial charge in [-0.2, -0.15) is 0 Å². The zero-order valence-electron chi connectivity index (χ0n) is 8.10. The van der Waals surface area contributed by atoms with Gasteiger partial charge in [0.1, 0.15) is 0 Å². The number of nitrogens with one attached hydrogen (secondary N) is 1. The molecule has 3 N–H and O–H groups in total.